The fourth-order valence-electron chi connectivity index (χ4n) is 3.32. The topological polar surface area (TPSA) is 61.4 Å². The van der Waals surface area contributed by atoms with Crippen LogP contribution >= 0.6 is 0 Å². The Morgan fingerprint density at radius 2 is 2.05 bits per heavy atom. The van der Waals surface area contributed by atoms with E-state index < -0.39 is 5.91 Å². The number of hydrogen-bond donors (Lipinski definition) is 3. The smallest absolute Gasteiger partial charge is 0.274 e. The lowest BCUT2D eigenvalue weighted by molar-refractivity contribution is 0.0706. The third-order valence-corrected chi connectivity index (χ3v) is 4.33. The summed E-state index contributed by atoms with van der Waals surface area (Å²) in [4.78, 5) is 11.2. The third-order valence-electron chi connectivity index (χ3n) is 4.33. The molecule has 0 aromatic heterocycles. The van der Waals surface area contributed by atoms with E-state index in [9.17, 15) is 4.79 Å². The Labute approximate surface area is 132 Å². The van der Waals surface area contributed by atoms with E-state index in [1.54, 1.807) is 17.6 Å². The minimum Gasteiger partial charge on any atom is -0.313 e. The van der Waals surface area contributed by atoms with Crippen molar-refractivity contribution in [1.82, 2.24) is 10.8 Å². The average molecular weight is 302 g/mol. The predicted octanol–water partition coefficient (Wildman–Crippen LogP) is 3.28. The summed E-state index contributed by atoms with van der Waals surface area (Å²) in [7, 11) is 0. The van der Waals surface area contributed by atoms with Crippen molar-refractivity contribution in [2.24, 2.45) is 11.8 Å². The lowest BCUT2D eigenvalue weighted by atomic mass is 9.78. The molecule has 1 amide bonds. The standard InChI is InChI=1S/C18H26N2O2/c1-13-9-14(2)11-16(10-13)7-8-19-12-15-3-5-17(6-4-15)18(21)20-22/h3-6,14,16,19,22H,1,7-12H2,2H3,(H,20,21). The zero-order valence-electron chi connectivity index (χ0n) is 13.3. The fourth-order valence-corrected chi connectivity index (χ4v) is 3.32. The van der Waals surface area contributed by atoms with Crippen molar-refractivity contribution in [3.63, 3.8) is 0 Å². The molecule has 0 heterocycles. The van der Waals surface area contributed by atoms with Gasteiger partial charge in [-0.25, -0.2) is 5.48 Å². The van der Waals surface area contributed by atoms with Gasteiger partial charge in [0.2, 0.25) is 0 Å². The zero-order valence-corrected chi connectivity index (χ0v) is 13.3. The first-order chi connectivity index (χ1) is 10.6. The van der Waals surface area contributed by atoms with Crippen LogP contribution < -0.4 is 10.8 Å². The summed E-state index contributed by atoms with van der Waals surface area (Å²) in [6.45, 7) is 8.26. The van der Waals surface area contributed by atoms with Crippen LogP contribution in [0.4, 0.5) is 0 Å². The van der Waals surface area contributed by atoms with E-state index in [2.05, 4.69) is 18.8 Å². The second-order valence-electron chi connectivity index (χ2n) is 6.47. The monoisotopic (exact) mass is 302 g/mol. The Morgan fingerprint density at radius 1 is 1.32 bits per heavy atom. The van der Waals surface area contributed by atoms with Crippen molar-refractivity contribution in [3.05, 3.63) is 47.5 Å². The number of rotatable bonds is 6. The van der Waals surface area contributed by atoms with Gasteiger partial charge in [0, 0.05) is 12.1 Å². The Morgan fingerprint density at radius 3 is 2.68 bits per heavy atom. The lowest BCUT2D eigenvalue weighted by Crippen LogP contribution is -2.22. The summed E-state index contributed by atoms with van der Waals surface area (Å²) < 4.78 is 0. The molecule has 0 aliphatic heterocycles. The van der Waals surface area contributed by atoms with Crippen molar-refractivity contribution < 1.29 is 10.0 Å². The van der Waals surface area contributed by atoms with Gasteiger partial charge < -0.3 is 5.32 Å². The van der Waals surface area contributed by atoms with Gasteiger partial charge >= 0.3 is 0 Å². The first-order valence-corrected chi connectivity index (χ1v) is 7.99. The molecular formula is C18H26N2O2. The second-order valence-corrected chi connectivity index (χ2v) is 6.47. The number of allylic oxidation sites excluding steroid dienone is 1. The highest BCUT2D eigenvalue weighted by atomic mass is 16.5. The molecular weight excluding hydrogens is 276 g/mol. The highest BCUT2D eigenvalue weighted by molar-refractivity contribution is 5.93. The summed E-state index contributed by atoms with van der Waals surface area (Å²) in [5, 5.41) is 12.0. The van der Waals surface area contributed by atoms with Crippen LogP contribution in [0.15, 0.2) is 36.4 Å². The fraction of sp³-hybridized carbons (Fsp3) is 0.500. The van der Waals surface area contributed by atoms with Crippen molar-refractivity contribution >= 4 is 5.91 Å². The van der Waals surface area contributed by atoms with Gasteiger partial charge in [0.05, 0.1) is 0 Å². The quantitative estimate of drug-likeness (QED) is 0.327. The van der Waals surface area contributed by atoms with E-state index >= 15 is 0 Å². The van der Waals surface area contributed by atoms with Crippen LogP contribution in [-0.2, 0) is 6.54 Å². The maximum atomic E-state index is 11.2. The summed E-state index contributed by atoms with van der Waals surface area (Å²) in [6.07, 6.45) is 4.87. The summed E-state index contributed by atoms with van der Waals surface area (Å²) in [5.74, 6) is 1.06. The molecule has 0 bridgehead atoms. The molecule has 1 fully saturated rings. The van der Waals surface area contributed by atoms with Crippen LogP contribution in [-0.4, -0.2) is 17.7 Å². The molecule has 0 radical (unpaired) electrons. The molecule has 120 valence electrons. The van der Waals surface area contributed by atoms with E-state index in [0.717, 1.165) is 30.5 Å². The van der Waals surface area contributed by atoms with E-state index in [1.165, 1.54) is 31.3 Å². The Hall–Kier alpha value is -1.65. The SMILES string of the molecule is C=C1CC(C)CC(CCNCc2ccc(C(=O)NO)cc2)C1. The molecule has 3 N–H and O–H groups in total. The van der Waals surface area contributed by atoms with Gasteiger partial charge in [-0.3, -0.25) is 10.0 Å². The predicted molar refractivity (Wildman–Crippen MR) is 87.7 cm³/mol. The highest BCUT2D eigenvalue weighted by Crippen LogP contribution is 2.33. The number of hydroxylamine groups is 1. The molecule has 4 heteroatoms. The second kappa shape index (κ2) is 8.11. The number of carbonyl (C=O) groups is 1. The molecule has 0 spiro atoms. The molecule has 2 rings (SSSR count). The number of hydrogen-bond acceptors (Lipinski definition) is 3. The first kappa shape index (κ1) is 16.7. The summed E-state index contributed by atoms with van der Waals surface area (Å²) in [5.41, 5.74) is 4.63. The van der Waals surface area contributed by atoms with Crippen LogP contribution in [0.2, 0.25) is 0 Å². The minimum absolute atomic E-state index is 0.459. The molecule has 1 aliphatic carbocycles. The molecule has 22 heavy (non-hydrogen) atoms. The van der Waals surface area contributed by atoms with Crippen LogP contribution in [0.1, 0.15) is 48.5 Å². The van der Waals surface area contributed by atoms with E-state index in [4.69, 9.17) is 5.21 Å². The normalized spacial score (nSPS) is 21.6. The maximum absolute atomic E-state index is 11.2. The zero-order chi connectivity index (χ0) is 15.9. The van der Waals surface area contributed by atoms with Crippen LogP contribution in [0.25, 0.3) is 0 Å². The number of carbonyl (C=O) groups excluding carboxylic acids is 1. The van der Waals surface area contributed by atoms with Crippen LogP contribution in [0, 0.1) is 11.8 Å². The lowest BCUT2D eigenvalue weighted by Gasteiger charge is -2.28. The van der Waals surface area contributed by atoms with E-state index in [-0.39, 0.29) is 0 Å². The molecule has 1 aromatic carbocycles. The summed E-state index contributed by atoms with van der Waals surface area (Å²) >= 11 is 0. The largest absolute Gasteiger partial charge is 0.313 e. The van der Waals surface area contributed by atoms with Gasteiger partial charge in [0.25, 0.3) is 5.91 Å². The van der Waals surface area contributed by atoms with Crippen molar-refractivity contribution in [2.75, 3.05) is 6.54 Å². The molecule has 1 aromatic rings. The van der Waals surface area contributed by atoms with E-state index in [0.29, 0.717) is 5.56 Å². The first-order valence-electron chi connectivity index (χ1n) is 7.99. The number of nitrogens with one attached hydrogen (secondary N) is 2. The molecule has 4 nitrogen and oxygen atoms in total. The van der Waals surface area contributed by atoms with Crippen molar-refractivity contribution in [1.29, 1.82) is 0 Å². The van der Waals surface area contributed by atoms with Crippen LogP contribution in [0.3, 0.4) is 0 Å². The molecule has 0 saturated heterocycles. The highest BCUT2D eigenvalue weighted by Gasteiger charge is 2.20. The van der Waals surface area contributed by atoms with Gasteiger partial charge in [-0.2, -0.15) is 0 Å². The van der Waals surface area contributed by atoms with Crippen molar-refractivity contribution in [3.8, 4) is 0 Å². The number of amides is 1. The minimum atomic E-state index is -0.480. The molecule has 1 saturated carbocycles. The average Bonchev–Trinajstić information content (AvgIpc) is 2.50. The van der Waals surface area contributed by atoms with Gasteiger partial charge in [-0.1, -0.05) is 31.2 Å². The van der Waals surface area contributed by atoms with Crippen molar-refractivity contribution in [2.45, 2.75) is 39.2 Å². The van der Waals surface area contributed by atoms with Gasteiger partial charge in [-0.05, 0) is 61.8 Å². The Balaban J connectivity index is 1.70. The summed E-state index contributed by atoms with van der Waals surface area (Å²) in [6, 6.07) is 7.24. The third kappa shape index (κ3) is 4.97. The molecule has 1 aliphatic rings. The Bertz CT molecular complexity index is 510. The van der Waals surface area contributed by atoms with Gasteiger partial charge in [-0.15, -0.1) is 0 Å². The maximum Gasteiger partial charge on any atom is 0.274 e. The van der Waals surface area contributed by atoms with Gasteiger partial charge in [0.1, 0.15) is 0 Å². The Kier molecular flexibility index (Phi) is 6.16. The number of benzene rings is 1. The van der Waals surface area contributed by atoms with Gasteiger partial charge in [0.15, 0.2) is 0 Å². The molecule has 2 unspecified atom stereocenters. The molecule has 2 atom stereocenters. The van der Waals surface area contributed by atoms with E-state index in [1.807, 2.05) is 12.1 Å². The van der Waals surface area contributed by atoms with Crippen LogP contribution in [0.5, 0.6) is 0 Å².